The van der Waals surface area contributed by atoms with Gasteiger partial charge in [0, 0.05) is 25.5 Å². The SMILES string of the molecule is Cn1cc(C(=O)C2CNc3ccccc32)cn1. The standard InChI is InChI=1S/C13H13N3O/c1-16-8-9(6-15-16)13(17)11-7-14-12-5-3-2-4-10(11)12/h2-6,8,11,14H,7H2,1H3. The van der Waals surface area contributed by atoms with E-state index in [1.807, 2.05) is 31.3 Å². The summed E-state index contributed by atoms with van der Waals surface area (Å²) in [5, 5.41) is 7.30. The van der Waals surface area contributed by atoms with E-state index in [9.17, 15) is 4.79 Å². The summed E-state index contributed by atoms with van der Waals surface area (Å²) in [6.07, 6.45) is 3.40. The van der Waals surface area contributed by atoms with Crippen LogP contribution in [0.25, 0.3) is 0 Å². The zero-order chi connectivity index (χ0) is 11.8. The molecule has 1 aromatic carbocycles. The minimum Gasteiger partial charge on any atom is -0.384 e. The van der Waals surface area contributed by atoms with Crippen LogP contribution in [0.3, 0.4) is 0 Å². The molecule has 86 valence electrons. The molecule has 17 heavy (non-hydrogen) atoms. The van der Waals surface area contributed by atoms with E-state index < -0.39 is 0 Å². The number of Topliss-reactive ketones (excluding diaryl/α,β-unsaturated/α-hetero) is 1. The van der Waals surface area contributed by atoms with E-state index in [0.29, 0.717) is 12.1 Å². The van der Waals surface area contributed by atoms with E-state index in [4.69, 9.17) is 0 Å². The Morgan fingerprint density at radius 1 is 1.47 bits per heavy atom. The van der Waals surface area contributed by atoms with Gasteiger partial charge in [-0.25, -0.2) is 0 Å². The van der Waals surface area contributed by atoms with Gasteiger partial charge < -0.3 is 5.32 Å². The Hall–Kier alpha value is -2.10. The Bertz CT molecular complexity index is 574. The van der Waals surface area contributed by atoms with Crippen molar-refractivity contribution in [1.82, 2.24) is 9.78 Å². The van der Waals surface area contributed by atoms with Crippen molar-refractivity contribution in [3.63, 3.8) is 0 Å². The van der Waals surface area contributed by atoms with E-state index in [0.717, 1.165) is 11.3 Å². The number of carbonyl (C=O) groups excluding carboxylic acids is 1. The lowest BCUT2D eigenvalue weighted by Crippen LogP contribution is -2.14. The van der Waals surface area contributed by atoms with Crippen molar-refractivity contribution in [2.75, 3.05) is 11.9 Å². The summed E-state index contributed by atoms with van der Waals surface area (Å²) in [4.78, 5) is 12.3. The molecule has 0 fully saturated rings. The summed E-state index contributed by atoms with van der Waals surface area (Å²) in [7, 11) is 1.82. The minimum absolute atomic E-state index is 0.0876. The highest BCUT2D eigenvalue weighted by Crippen LogP contribution is 2.33. The lowest BCUT2D eigenvalue weighted by molar-refractivity contribution is 0.0966. The van der Waals surface area contributed by atoms with E-state index in [1.165, 1.54) is 0 Å². The molecule has 0 saturated heterocycles. The molecule has 3 rings (SSSR count). The predicted octanol–water partition coefficient (Wildman–Crippen LogP) is 1.81. The first kappa shape index (κ1) is 10.1. The molecule has 2 heterocycles. The zero-order valence-electron chi connectivity index (χ0n) is 9.55. The zero-order valence-corrected chi connectivity index (χ0v) is 9.55. The Labute approximate surface area is 99.3 Å². The van der Waals surface area contributed by atoms with Crippen LogP contribution in [-0.4, -0.2) is 22.1 Å². The van der Waals surface area contributed by atoms with Gasteiger partial charge in [0.2, 0.25) is 0 Å². The molecule has 1 aromatic heterocycles. The fraction of sp³-hybridized carbons (Fsp3) is 0.231. The predicted molar refractivity (Wildman–Crippen MR) is 65.2 cm³/mol. The first-order valence-electron chi connectivity index (χ1n) is 5.61. The molecule has 0 amide bonds. The van der Waals surface area contributed by atoms with E-state index in [2.05, 4.69) is 10.4 Å². The third-order valence-corrected chi connectivity index (χ3v) is 3.14. The average molecular weight is 227 g/mol. The van der Waals surface area contributed by atoms with Gasteiger partial charge >= 0.3 is 0 Å². The van der Waals surface area contributed by atoms with Gasteiger partial charge in [-0.05, 0) is 11.6 Å². The van der Waals surface area contributed by atoms with Crippen LogP contribution >= 0.6 is 0 Å². The third kappa shape index (κ3) is 1.62. The number of nitrogens with zero attached hydrogens (tertiary/aromatic N) is 2. The molecule has 0 bridgehead atoms. The molecule has 0 saturated carbocycles. The van der Waals surface area contributed by atoms with Gasteiger partial charge in [0.25, 0.3) is 0 Å². The number of para-hydroxylation sites is 1. The first-order valence-corrected chi connectivity index (χ1v) is 5.61. The molecule has 2 aromatic rings. The molecule has 1 aliphatic rings. The van der Waals surface area contributed by atoms with E-state index in [1.54, 1.807) is 17.1 Å². The summed E-state index contributed by atoms with van der Waals surface area (Å²) in [6.45, 7) is 0.674. The molecule has 0 radical (unpaired) electrons. The number of aromatic nitrogens is 2. The number of fused-ring (bicyclic) bond motifs is 1. The largest absolute Gasteiger partial charge is 0.384 e. The summed E-state index contributed by atoms with van der Waals surface area (Å²) in [5.74, 6) is 0.0472. The summed E-state index contributed by atoms with van der Waals surface area (Å²) >= 11 is 0. The molecule has 0 aliphatic carbocycles. The van der Waals surface area contributed by atoms with Crippen molar-refractivity contribution >= 4 is 11.5 Å². The van der Waals surface area contributed by atoms with Crippen molar-refractivity contribution in [3.05, 3.63) is 47.8 Å². The molecular formula is C13H13N3O. The lowest BCUT2D eigenvalue weighted by atomic mass is 9.94. The van der Waals surface area contributed by atoms with Crippen LogP contribution in [0.4, 0.5) is 5.69 Å². The number of rotatable bonds is 2. The topological polar surface area (TPSA) is 46.9 Å². The van der Waals surface area contributed by atoms with Gasteiger partial charge in [-0.3, -0.25) is 9.48 Å². The van der Waals surface area contributed by atoms with Crippen molar-refractivity contribution in [1.29, 1.82) is 0 Å². The van der Waals surface area contributed by atoms with Crippen molar-refractivity contribution in [2.24, 2.45) is 7.05 Å². The molecule has 4 nitrogen and oxygen atoms in total. The maximum atomic E-state index is 12.3. The van der Waals surface area contributed by atoms with Crippen LogP contribution in [-0.2, 0) is 7.05 Å². The highest BCUT2D eigenvalue weighted by molar-refractivity contribution is 6.02. The van der Waals surface area contributed by atoms with Crippen LogP contribution in [0.5, 0.6) is 0 Å². The number of hydrogen-bond donors (Lipinski definition) is 1. The average Bonchev–Trinajstić information content (AvgIpc) is 2.94. The van der Waals surface area contributed by atoms with Gasteiger partial charge in [-0.15, -0.1) is 0 Å². The maximum absolute atomic E-state index is 12.3. The number of benzene rings is 1. The van der Waals surface area contributed by atoms with Gasteiger partial charge in [0.1, 0.15) is 0 Å². The van der Waals surface area contributed by atoms with Gasteiger partial charge in [-0.2, -0.15) is 5.10 Å². The molecule has 1 N–H and O–H groups in total. The second-order valence-electron chi connectivity index (χ2n) is 4.29. The Kier molecular flexibility index (Phi) is 2.21. The highest BCUT2D eigenvalue weighted by Gasteiger charge is 2.29. The van der Waals surface area contributed by atoms with Crippen molar-refractivity contribution in [2.45, 2.75) is 5.92 Å². The number of ketones is 1. The molecule has 1 unspecified atom stereocenters. The lowest BCUT2D eigenvalue weighted by Gasteiger charge is -2.06. The maximum Gasteiger partial charge on any atom is 0.175 e. The quantitative estimate of drug-likeness (QED) is 0.796. The van der Waals surface area contributed by atoms with Crippen molar-refractivity contribution in [3.8, 4) is 0 Å². The van der Waals surface area contributed by atoms with Gasteiger partial charge in [-0.1, -0.05) is 18.2 Å². The van der Waals surface area contributed by atoms with E-state index in [-0.39, 0.29) is 11.7 Å². The normalized spacial score (nSPS) is 17.6. The number of aryl methyl sites for hydroxylation is 1. The number of anilines is 1. The Balaban J connectivity index is 1.95. The second kappa shape index (κ2) is 3.73. The Morgan fingerprint density at radius 3 is 3.06 bits per heavy atom. The first-order chi connectivity index (χ1) is 8.25. The smallest absolute Gasteiger partial charge is 0.175 e. The Morgan fingerprint density at radius 2 is 2.29 bits per heavy atom. The number of nitrogens with one attached hydrogen (secondary N) is 1. The molecule has 0 spiro atoms. The van der Waals surface area contributed by atoms with Crippen LogP contribution in [0.15, 0.2) is 36.7 Å². The number of hydrogen-bond acceptors (Lipinski definition) is 3. The third-order valence-electron chi connectivity index (χ3n) is 3.14. The van der Waals surface area contributed by atoms with Crippen LogP contribution in [0.2, 0.25) is 0 Å². The molecule has 1 atom stereocenters. The van der Waals surface area contributed by atoms with Crippen LogP contribution < -0.4 is 5.32 Å². The molecule has 4 heteroatoms. The summed E-state index contributed by atoms with van der Waals surface area (Å²) in [5.41, 5.74) is 2.83. The monoisotopic (exact) mass is 227 g/mol. The van der Waals surface area contributed by atoms with Crippen LogP contribution in [0.1, 0.15) is 21.8 Å². The van der Waals surface area contributed by atoms with Crippen LogP contribution in [0, 0.1) is 0 Å². The highest BCUT2D eigenvalue weighted by atomic mass is 16.1. The fourth-order valence-corrected chi connectivity index (χ4v) is 2.27. The fourth-order valence-electron chi connectivity index (χ4n) is 2.27. The van der Waals surface area contributed by atoms with Gasteiger partial charge in [0.05, 0.1) is 17.7 Å². The van der Waals surface area contributed by atoms with Crippen molar-refractivity contribution < 1.29 is 4.79 Å². The van der Waals surface area contributed by atoms with Gasteiger partial charge in [0.15, 0.2) is 5.78 Å². The minimum atomic E-state index is -0.0876. The molecular weight excluding hydrogens is 214 g/mol. The van der Waals surface area contributed by atoms with E-state index >= 15 is 0 Å². The summed E-state index contributed by atoms with van der Waals surface area (Å²) in [6, 6.07) is 7.96. The number of carbonyl (C=O) groups is 1. The summed E-state index contributed by atoms with van der Waals surface area (Å²) < 4.78 is 1.65. The molecule has 1 aliphatic heterocycles. The second-order valence-corrected chi connectivity index (χ2v) is 4.29.